The van der Waals surface area contributed by atoms with Crippen molar-refractivity contribution >= 4 is 35.1 Å². The summed E-state index contributed by atoms with van der Waals surface area (Å²) in [4.78, 5) is 46.4. The first-order valence-electron chi connectivity index (χ1n) is 15.5. The van der Waals surface area contributed by atoms with Crippen molar-refractivity contribution in [2.45, 2.75) is 25.9 Å². The Bertz CT molecular complexity index is 1430. The highest BCUT2D eigenvalue weighted by molar-refractivity contribution is 6.01. The normalized spacial score (nSPS) is 20.9. The number of anilines is 4. The van der Waals surface area contributed by atoms with Crippen LogP contribution in [0.2, 0.25) is 0 Å². The van der Waals surface area contributed by atoms with Gasteiger partial charge < -0.3 is 34.6 Å². The van der Waals surface area contributed by atoms with Crippen molar-refractivity contribution in [2.24, 2.45) is 0 Å². The first-order valence-corrected chi connectivity index (χ1v) is 15.5. The maximum absolute atomic E-state index is 12.7. The molecule has 3 aliphatic heterocycles. The minimum Gasteiger partial charge on any atom is -0.379 e. The molecule has 3 aromatic rings. The number of aromatic nitrogens is 3. The monoisotopic (exact) mass is 616 g/mol. The third-order valence-corrected chi connectivity index (χ3v) is 8.20. The maximum Gasteiger partial charge on any atom is 0.323 e. The Morgan fingerprint density at radius 2 is 1.22 bits per heavy atom. The number of hydrogen-bond acceptors (Lipinski definition) is 11. The van der Waals surface area contributed by atoms with Crippen molar-refractivity contribution < 1.29 is 23.8 Å². The molecule has 3 saturated heterocycles. The SMILES string of the molecule is CC1COCCN1c1nc(-c2ccc(NC(=O)Nc3ccc(C(=O)CN4CCOCC4)cc3)cc2)nc(N2CCOCC2C)n1. The molecule has 45 heavy (non-hydrogen) atoms. The Balaban J connectivity index is 1.11. The van der Waals surface area contributed by atoms with Crippen molar-refractivity contribution in [1.29, 1.82) is 0 Å². The van der Waals surface area contributed by atoms with Crippen molar-refractivity contribution in [1.82, 2.24) is 19.9 Å². The quantitative estimate of drug-likeness (QED) is 0.362. The minimum atomic E-state index is -0.387. The highest BCUT2D eigenvalue weighted by Crippen LogP contribution is 2.26. The average molecular weight is 617 g/mol. The zero-order valence-corrected chi connectivity index (χ0v) is 25.8. The molecule has 3 fully saturated rings. The van der Waals surface area contributed by atoms with Gasteiger partial charge >= 0.3 is 6.03 Å². The number of ketones is 1. The van der Waals surface area contributed by atoms with Crippen LogP contribution in [0.5, 0.6) is 0 Å². The summed E-state index contributed by atoms with van der Waals surface area (Å²) in [7, 11) is 0. The van der Waals surface area contributed by atoms with E-state index in [9.17, 15) is 9.59 Å². The summed E-state index contributed by atoms with van der Waals surface area (Å²) in [6.07, 6.45) is 0. The van der Waals surface area contributed by atoms with E-state index in [0.717, 1.165) is 18.7 Å². The van der Waals surface area contributed by atoms with E-state index < -0.39 is 0 Å². The van der Waals surface area contributed by atoms with Gasteiger partial charge in [-0.2, -0.15) is 15.0 Å². The van der Waals surface area contributed by atoms with E-state index in [1.54, 1.807) is 24.3 Å². The fourth-order valence-electron chi connectivity index (χ4n) is 5.58. The molecule has 0 aliphatic carbocycles. The number of morpholine rings is 3. The lowest BCUT2D eigenvalue weighted by Gasteiger charge is -2.36. The van der Waals surface area contributed by atoms with Crippen molar-refractivity contribution in [2.75, 3.05) is 92.8 Å². The van der Waals surface area contributed by atoms with Gasteiger partial charge in [0.05, 0.1) is 58.3 Å². The summed E-state index contributed by atoms with van der Waals surface area (Å²) in [5.74, 6) is 1.86. The van der Waals surface area contributed by atoms with Gasteiger partial charge in [0.2, 0.25) is 11.9 Å². The lowest BCUT2D eigenvalue weighted by molar-refractivity contribution is 0.0371. The van der Waals surface area contributed by atoms with Crippen LogP contribution in [0.25, 0.3) is 11.4 Å². The molecule has 13 heteroatoms. The lowest BCUT2D eigenvalue weighted by atomic mass is 10.1. The van der Waals surface area contributed by atoms with Crippen molar-refractivity contribution in [3.8, 4) is 11.4 Å². The van der Waals surface area contributed by atoms with Gasteiger partial charge in [-0.1, -0.05) is 0 Å². The summed E-state index contributed by atoms with van der Waals surface area (Å²) in [6, 6.07) is 14.2. The predicted molar refractivity (Wildman–Crippen MR) is 171 cm³/mol. The molecule has 238 valence electrons. The number of amides is 2. The van der Waals surface area contributed by atoms with Crippen LogP contribution in [-0.2, 0) is 14.2 Å². The van der Waals surface area contributed by atoms with E-state index in [-0.39, 0.29) is 23.9 Å². The van der Waals surface area contributed by atoms with Crippen LogP contribution in [0.15, 0.2) is 48.5 Å². The average Bonchev–Trinajstić information content (AvgIpc) is 3.06. The van der Waals surface area contributed by atoms with Crippen molar-refractivity contribution in [3.63, 3.8) is 0 Å². The molecular formula is C32H40N8O5. The number of nitrogens with one attached hydrogen (secondary N) is 2. The van der Waals surface area contributed by atoms with Crippen LogP contribution >= 0.6 is 0 Å². The van der Waals surface area contributed by atoms with Crippen molar-refractivity contribution in [3.05, 3.63) is 54.1 Å². The standard InChI is InChI=1S/C32H40N8O5/c1-22-20-44-17-13-39(22)30-35-29(36-31(37-30)40-14-18-45-21-23(40)2)25-5-9-27(10-6-25)34-32(42)33-26-7-3-24(4-8-26)28(41)19-38-11-15-43-16-12-38/h3-10,22-23H,11-21H2,1-2H3,(H2,33,34,42). The van der Waals surface area contributed by atoms with Crippen LogP contribution in [-0.4, -0.2) is 116 Å². The number of hydrogen-bond donors (Lipinski definition) is 2. The van der Waals surface area contributed by atoms with Gasteiger partial charge in [-0.25, -0.2) is 4.79 Å². The fraction of sp³-hybridized carbons (Fsp3) is 0.469. The zero-order chi connectivity index (χ0) is 31.2. The van der Waals surface area contributed by atoms with Gasteiger partial charge in [0, 0.05) is 48.7 Å². The number of ether oxygens (including phenoxy) is 3. The number of rotatable bonds is 8. The summed E-state index contributed by atoms with van der Waals surface area (Å²) in [5.41, 5.74) is 2.63. The first kappa shape index (κ1) is 30.8. The second-order valence-electron chi connectivity index (χ2n) is 11.5. The highest BCUT2D eigenvalue weighted by Gasteiger charge is 2.27. The summed E-state index contributed by atoms with van der Waals surface area (Å²) >= 11 is 0. The zero-order valence-electron chi connectivity index (χ0n) is 25.8. The Labute approximate surface area is 262 Å². The van der Waals surface area contributed by atoms with Crippen LogP contribution in [0.1, 0.15) is 24.2 Å². The largest absolute Gasteiger partial charge is 0.379 e. The second-order valence-corrected chi connectivity index (χ2v) is 11.5. The number of carbonyl (C=O) groups excluding carboxylic acids is 2. The Morgan fingerprint density at radius 1 is 0.711 bits per heavy atom. The molecule has 0 spiro atoms. The first-order chi connectivity index (χ1) is 21.9. The van der Waals surface area contributed by atoms with Gasteiger partial charge in [0.25, 0.3) is 0 Å². The molecule has 4 heterocycles. The third kappa shape index (κ3) is 7.74. The third-order valence-electron chi connectivity index (χ3n) is 8.20. The van der Waals surface area contributed by atoms with Gasteiger partial charge in [-0.05, 0) is 62.4 Å². The molecule has 2 unspecified atom stereocenters. The summed E-state index contributed by atoms with van der Waals surface area (Å²) in [5, 5.41) is 5.69. The Morgan fingerprint density at radius 3 is 1.76 bits per heavy atom. The van der Waals surface area contributed by atoms with E-state index in [4.69, 9.17) is 29.2 Å². The number of benzene rings is 2. The molecule has 13 nitrogen and oxygen atoms in total. The minimum absolute atomic E-state index is 0.0457. The van der Waals surface area contributed by atoms with Crippen LogP contribution in [0.3, 0.4) is 0 Å². The summed E-state index contributed by atoms with van der Waals surface area (Å²) < 4.78 is 16.6. The topological polar surface area (TPSA) is 134 Å². The van der Waals surface area contributed by atoms with Crippen LogP contribution < -0.4 is 20.4 Å². The number of nitrogens with zero attached hydrogens (tertiary/aromatic N) is 6. The molecule has 2 amide bonds. The predicted octanol–water partition coefficient (Wildman–Crippen LogP) is 3.15. The molecule has 0 bridgehead atoms. The highest BCUT2D eigenvalue weighted by atomic mass is 16.5. The van der Waals surface area contributed by atoms with Gasteiger partial charge in [0.15, 0.2) is 11.6 Å². The maximum atomic E-state index is 12.7. The van der Waals surface area contributed by atoms with E-state index >= 15 is 0 Å². The molecule has 2 atom stereocenters. The summed E-state index contributed by atoms with van der Waals surface area (Å²) in [6.45, 7) is 11.2. The van der Waals surface area contributed by atoms with Crippen LogP contribution in [0, 0.1) is 0 Å². The Hall–Kier alpha value is -4.17. The van der Waals surface area contributed by atoms with E-state index in [1.165, 1.54) is 0 Å². The fourth-order valence-corrected chi connectivity index (χ4v) is 5.58. The van der Waals surface area contributed by atoms with E-state index in [1.807, 2.05) is 24.3 Å². The molecule has 1 aromatic heterocycles. The van der Waals surface area contributed by atoms with Gasteiger partial charge in [0.1, 0.15) is 0 Å². The molecular weight excluding hydrogens is 576 g/mol. The number of carbonyl (C=O) groups is 2. The van der Waals surface area contributed by atoms with Crippen LogP contribution in [0.4, 0.5) is 28.1 Å². The molecule has 6 rings (SSSR count). The Kier molecular flexibility index (Phi) is 9.79. The number of urea groups is 1. The van der Waals surface area contributed by atoms with E-state index in [0.29, 0.717) is 93.9 Å². The smallest absolute Gasteiger partial charge is 0.323 e. The molecule has 2 N–H and O–H groups in total. The molecule has 2 aromatic carbocycles. The second kappa shape index (κ2) is 14.3. The molecule has 0 radical (unpaired) electrons. The van der Waals surface area contributed by atoms with E-state index in [2.05, 4.69) is 39.2 Å². The van der Waals surface area contributed by atoms with Gasteiger partial charge in [-0.3, -0.25) is 9.69 Å². The number of Topliss-reactive ketones (excluding diaryl/α,β-unsaturated/α-hetero) is 1. The lowest BCUT2D eigenvalue weighted by Crippen LogP contribution is -2.46. The molecule has 3 aliphatic rings. The molecule has 0 saturated carbocycles. The van der Waals surface area contributed by atoms with Gasteiger partial charge in [-0.15, -0.1) is 0 Å².